The number of unbranched alkanes of at least 4 members (excludes halogenated alkanes) is 1. The molecule has 0 saturated carbocycles. The van der Waals surface area contributed by atoms with Crippen molar-refractivity contribution in [3.05, 3.63) is 41.5 Å². The Balaban J connectivity index is 1.22. The van der Waals surface area contributed by atoms with Crippen LogP contribution < -0.4 is 10.1 Å². The molecule has 0 aliphatic carbocycles. The number of aromatic nitrogens is 3. The first kappa shape index (κ1) is 42.4. The fourth-order valence-electron chi connectivity index (χ4n) is 3.92. The van der Waals surface area contributed by atoms with Crippen LogP contribution >= 0.6 is 0 Å². The van der Waals surface area contributed by atoms with E-state index in [0.29, 0.717) is 105 Å². The van der Waals surface area contributed by atoms with Gasteiger partial charge in [0.2, 0.25) is 5.75 Å². The summed E-state index contributed by atoms with van der Waals surface area (Å²) in [7, 11) is 1.95. The minimum Gasteiger partial charge on any atom is -0.420 e. The molecule has 0 unspecified atom stereocenters. The molecule has 2 rings (SSSR count). The van der Waals surface area contributed by atoms with Crippen molar-refractivity contribution < 1.29 is 60.6 Å². The molecule has 1 N–H and O–H groups in total. The SMILES string of the molecule is CNCCCCc1cn(CCOCCOCCOCCOCCOCCOCCOCCOCCC(=O)Oc2c(F)cc(F)cc2F)nn1. The second-order valence-corrected chi connectivity index (χ2v) is 10.4. The molecule has 0 aliphatic heterocycles. The molecule has 1 heterocycles. The van der Waals surface area contributed by atoms with Gasteiger partial charge in [-0.3, -0.25) is 4.79 Å². The van der Waals surface area contributed by atoms with Crippen LogP contribution in [0, 0.1) is 17.5 Å². The summed E-state index contributed by atoms with van der Waals surface area (Å²) in [5.41, 5.74) is 1.01. The molecular weight excluding hydrogens is 657 g/mol. The highest BCUT2D eigenvalue weighted by Crippen LogP contribution is 2.23. The summed E-state index contributed by atoms with van der Waals surface area (Å²) in [6.07, 6.45) is 4.89. The number of aryl methyl sites for hydroxylation is 1. The lowest BCUT2D eigenvalue weighted by atomic mass is 10.2. The Kier molecular flexibility index (Phi) is 25.1. The van der Waals surface area contributed by atoms with Gasteiger partial charge in [-0.05, 0) is 32.9 Å². The highest BCUT2D eigenvalue weighted by Gasteiger charge is 2.16. The molecule has 2 aromatic rings. The molecule has 0 fully saturated rings. The lowest BCUT2D eigenvalue weighted by Crippen LogP contribution is -2.16. The molecule has 0 saturated heterocycles. The van der Waals surface area contributed by atoms with Gasteiger partial charge in [0.15, 0.2) is 11.6 Å². The Bertz CT molecular complexity index is 1100. The topological polar surface area (TPSA) is 143 Å². The molecule has 0 amide bonds. The summed E-state index contributed by atoms with van der Waals surface area (Å²) in [4.78, 5) is 11.7. The number of carbonyl (C=O) groups is 1. The third-order valence-corrected chi connectivity index (χ3v) is 6.39. The molecule has 0 bridgehead atoms. The van der Waals surface area contributed by atoms with Crippen LogP contribution in [-0.2, 0) is 55.7 Å². The van der Waals surface area contributed by atoms with Gasteiger partial charge in [-0.15, -0.1) is 5.10 Å². The van der Waals surface area contributed by atoms with Crippen molar-refractivity contribution in [2.75, 3.05) is 119 Å². The molecule has 17 heteroatoms. The highest BCUT2D eigenvalue weighted by atomic mass is 19.1. The van der Waals surface area contributed by atoms with Crippen molar-refractivity contribution in [2.45, 2.75) is 32.2 Å². The fourth-order valence-corrected chi connectivity index (χ4v) is 3.92. The van der Waals surface area contributed by atoms with Gasteiger partial charge in [-0.25, -0.2) is 17.9 Å². The predicted molar refractivity (Wildman–Crippen MR) is 170 cm³/mol. The molecule has 0 atom stereocenters. The fraction of sp³-hybridized carbons (Fsp3) is 0.719. The highest BCUT2D eigenvalue weighted by molar-refractivity contribution is 5.72. The average Bonchev–Trinajstić information content (AvgIpc) is 3.53. The van der Waals surface area contributed by atoms with Gasteiger partial charge in [0.05, 0.1) is 124 Å². The molecule has 0 aliphatic rings. The number of ether oxygens (including phenoxy) is 9. The minimum absolute atomic E-state index is 0.0324. The van der Waals surface area contributed by atoms with Crippen molar-refractivity contribution in [1.29, 1.82) is 0 Å². The monoisotopic (exact) mass is 708 g/mol. The summed E-state index contributed by atoms with van der Waals surface area (Å²) in [5.74, 6) is -5.55. The Morgan fingerprint density at radius 2 is 1.12 bits per heavy atom. The van der Waals surface area contributed by atoms with E-state index in [1.807, 2.05) is 13.2 Å². The minimum atomic E-state index is -1.30. The predicted octanol–water partition coefficient (Wildman–Crippen LogP) is 2.37. The molecule has 0 radical (unpaired) electrons. The number of hydrogen-bond donors (Lipinski definition) is 1. The van der Waals surface area contributed by atoms with Gasteiger partial charge in [-0.1, -0.05) is 5.21 Å². The second-order valence-electron chi connectivity index (χ2n) is 10.4. The van der Waals surface area contributed by atoms with Crippen LogP contribution in [0.1, 0.15) is 25.0 Å². The molecule has 280 valence electrons. The first-order chi connectivity index (χ1) is 24.0. The molecule has 49 heavy (non-hydrogen) atoms. The third kappa shape index (κ3) is 22.6. The van der Waals surface area contributed by atoms with E-state index in [1.54, 1.807) is 4.68 Å². The van der Waals surface area contributed by atoms with E-state index >= 15 is 0 Å². The number of benzene rings is 1. The first-order valence-corrected chi connectivity index (χ1v) is 16.5. The number of carbonyl (C=O) groups excluding carboxylic acids is 1. The standard InChI is InChI=1S/C32H51F3N4O10/c1-36-6-3-2-4-28-26-39(38-37-28)7-9-42-11-13-44-15-17-46-19-21-48-23-22-47-20-18-45-16-14-43-12-10-41-8-5-31(40)49-32-29(34)24-27(33)25-30(32)35/h24-26,36H,2-23H2,1H3. The Labute approximate surface area is 285 Å². The lowest BCUT2D eigenvalue weighted by molar-refractivity contribution is -0.136. The second kappa shape index (κ2) is 29.0. The summed E-state index contributed by atoms with van der Waals surface area (Å²) >= 11 is 0. The maximum Gasteiger partial charge on any atom is 0.313 e. The summed E-state index contributed by atoms with van der Waals surface area (Å²) in [6, 6.07) is 0.855. The maximum absolute atomic E-state index is 13.5. The Morgan fingerprint density at radius 3 is 1.59 bits per heavy atom. The van der Waals surface area contributed by atoms with Gasteiger partial charge < -0.3 is 47.9 Å². The van der Waals surface area contributed by atoms with Crippen molar-refractivity contribution in [1.82, 2.24) is 20.3 Å². The number of nitrogens with zero attached hydrogens (tertiary/aromatic N) is 3. The maximum atomic E-state index is 13.5. The van der Waals surface area contributed by atoms with Crippen molar-refractivity contribution in [3.8, 4) is 5.75 Å². The van der Waals surface area contributed by atoms with Crippen LogP contribution in [-0.4, -0.2) is 140 Å². The van der Waals surface area contributed by atoms with Crippen LogP contribution in [0.15, 0.2) is 18.3 Å². The Hall–Kier alpha value is -2.74. The van der Waals surface area contributed by atoms with Crippen LogP contribution in [0.5, 0.6) is 5.75 Å². The zero-order chi connectivity index (χ0) is 35.2. The van der Waals surface area contributed by atoms with Crippen LogP contribution in [0.3, 0.4) is 0 Å². The lowest BCUT2D eigenvalue weighted by Gasteiger charge is -2.09. The van der Waals surface area contributed by atoms with Crippen LogP contribution in [0.25, 0.3) is 0 Å². The number of rotatable bonds is 33. The normalized spacial score (nSPS) is 11.4. The quantitative estimate of drug-likeness (QED) is 0.0660. The molecule has 0 spiro atoms. The van der Waals surface area contributed by atoms with E-state index in [4.69, 9.17) is 37.9 Å². The van der Waals surface area contributed by atoms with E-state index in [1.165, 1.54) is 0 Å². The third-order valence-electron chi connectivity index (χ3n) is 6.39. The van der Waals surface area contributed by atoms with Gasteiger partial charge in [0.25, 0.3) is 0 Å². The van der Waals surface area contributed by atoms with E-state index < -0.39 is 29.2 Å². The van der Waals surface area contributed by atoms with E-state index in [2.05, 4.69) is 20.4 Å². The number of halogens is 3. The molecular formula is C32H51F3N4O10. The van der Waals surface area contributed by atoms with Crippen LogP contribution in [0.2, 0.25) is 0 Å². The molecule has 1 aromatic heterocycles. The van der Waals surface area contributed by atoms with Crippen molar-refractivity contribution in [3.63, 3.8) is 0 Å². The van der Waals surface area contributed by atoms with Crippen molar-refractivity contribution in [2.24, 2.45) is 0 Å². The van der Waals surface area contributed by atoms with Gasteiger partial charge in [0.1, 0.15) is 5.82 Å². The summed E-state index contributed by atoms with van der Waals surface area (Å²) in [5, 5.41) is 11.5. The van der Waals surface area contributed by atoms with E-state index in [-0.39, 0.29) is 26.2 Å². The van der Waals surface area contributed by atoms with E-state index in [9.17, 15) is 18.0 Å². The number of nitrogens with one attached hydrogen (secondary N) is 1. The van der Waals surface area contributed by atoms with Crippen molar-refractivity contribution >= 4 is 5.97 Å². The first-order valence-electron chi connectivity index (χ1n) is 16.5. The molecule has 14 nitrogen and oxygen atoms in total. The van der Waals surface area contributed by atoms with Gasteiger partial charge >= 0.3 is 5.97 Å². The zero-order valence-electron chi connectivity index (χ0n) is 28.3. The Morgan fingerprint density at radius 1 is 0.673 bits per heavy atom. The summed E-state index contributed by atoms with van der Waals surface area (Å²) < 4.78 is 89.7. The zero-order valence-corrected chi connectivity index (χ0v) is 28.3. The number of hydrogen-bond acceptors (Lipinski definition) is 13. The van der Waals surface area contributed by atoms with Crippen LogP contribution in [0.4, 0.5) is 13.2 Å². The van der Waals surface area contributed by atoms with E-state index in [0.717, 1.165) is 31.5 Å². The van der Waals surface area contributed by atoms with Gasteiger partial charge in [-0.2, -0.15) is 0 Å². The van der Waals surface area contributed by atoms with Gasteiger partial charge in [0, 0.05) is 18.3 Å². The average molecular weight is 709 g/mol. The summed E-state index contributed by atoms with van der Waals surface area (Å²) in [6.45, 7) is 8.00. The molecule has 1 aromatic carbocycles. The largest absolute Gasteiger partial charge is 0.420 e. The number of esters is 1. The smallest absolute Gasteiger partial charge is 0.313 e.